The quantitative estimate of drug-likeness (QED) is 0.714. The third-order valence-electron chi connectivity index (χ3n) is 3.45. The summed E-state index contributed by atoms with van der Waals surface area (Å²) in [5.74, 6) is 0.913. The number of aromatic nitrogens is 1. The molecule has 6 heteroatoms. The third kappa shape index (κ3) is 4.28. The zero-order valence-corrected chi connectivity index (χ0v) is 14.2. The maximum atomic E-state index is 12.3. The molecule has 5 nitrogen and oxygen atoms in total. The molecule has 0 aliphatic rings. The van der Waals surface area contributed by atoms with Crippen molar-refractivity contribution in [2.75, 3.05) is 11.1 Å². The van der Waals surface area contributed by atoms with E-state index in [1.807, 2.05) is 25.1 Å². The van der Waals surface area contributed by atoms with Crippen LogP contribution in [0.15, 0.2) is 60.8 Å². The highest BCUT2D eigenvalue weighted by molar-refractivity contribution is 6.30. The summed E-state index contributed by atoms with van der Waals surface area (Å²) < 4.78 is 5.71. The van der Waals surface area contributed by atoms with E-state index < -0.39 is 0 Å². The lowest BCUT2D eigenvalue weighted by atomic mass is 10.1. The van der Waals surface area contributed by atoms with Crippen LogP contribution in [-0.2, 0) is 0 Å². The molecule has 3 aromatic rings. The van der Waals surface area contributed by atoms with E-state index in [0.717, 1.165) is 5.56 Å². The molecule has 0 aliphatic carbocycles. The molecule has 126 valence electrons. The molecule has 0 bridgehead atoms. The minimum Gasteiger partial charge on any atom is -0.453 e. The van der Waals surface area contributed by atoms with E-state index in [2.05, 4.69) is 10.3 Å². The minimum atomic E-state index is -0.190. The summed E-state index contributed by atoms with van der Waals surface area (Å²) in [7, 11) is 0. The number of rotatable bonds is 4. The SMILES string of the molecule is Cc1cccc(C(=O)Nc2cccc(Oc3cc(Cl)cnc3N)c2)c1. The van der Waals surface area contributed by atoms with Gasteiger partial charge in [0, 0.05) is 29.6 Å². The Bertz CT molecular complexity index is 928. The van der Waals surface area contributed by atoms with Crippen molar-refractivity contribution in [1.29, 1.82) is 0 Å². The number of nitrogen functional groups attached to an aromatic ring is 1. The fourth-order valence-electron chi connectivity index (χ4n) is 2.27. The standard InChI is InChI=1S/C19H16ClN3O2/c1-12-4-2-5-13(8-12)19(24)23-15-6-3-7-16(10-15)25-17-9-14(20)11-22-18(17)21/h2-11H,1H3,(H2,21,22)(H,23,24). The topological polar surface area (TPSA) is 77.2 Å². The van der Waals surface area contributed by atoms with E-state index in [1.165, 1.54) is 6.20 Å². The summed E-state index contributed by atoms with van der Waals surface area (Å²) in [5.41, 5.74) is 8.00. The minimum absolute atomic E-state index is 0.190. The zero-order valence-electron chi connectivity index (χ0n) is 13.5. The van der Waals surface area contributed by atoms with Crippen molar-refractivity contribution in [3.63, 3.8) is 0 Å². The number of carbonyl (C=O) groups excluding carboxylic acids is 1. The predicted molar refractivity (Wildman–Crippen MR) is 99.3 cm³/mol. The molecule has 3 N–H and O–H groups in total. The maximum absolute atomic E-state index is 12.3. The van der Waals surface area contributed by atoms with Gasteiger partial charge in [0.2, 0.25) is 0 Å². The Morgan fingerprint density at radius 1 is 1.16 bits per heavy atom. The predicted octanol–water partition coefficient (Wildman–Crippen LogP) is 4.67. The van der Waals surface area contributed by atoms with Gasteiger partial charge in [0.1, 0.15) is 5.75 Å². The second kappa shape index (κ2) is 7.23. The first-order chi connectivity index (χ1) is 12.0. The van der Waals surface area contributed by atoms with Crippen molar-refractivity contribution in [3.05, 3.63) is 76.9 Å². The molecule has 0 radical (unpaired) electrons. The van der Waals surface area contributed by atoms with Gasteiger partial charge in [-0.3, -0.25) is 4.79 Å². The second-order valence-corrected chi connectivity index (χ2v) is 5.93. The summed E-state index contributed by atoms with van der Waals surface area (Å²) in [6, 6.07) is 16.0. The van der Waals surface area contributed by atoms with E-state index in [4.69, 9.17) is 22.1 Å². The maximum Gasteiger partial charge on any atom is 0.255 e. The summed E-state index contributed by atoms with van der Waals surface area (Å²) in [4.78, 5) is 16.3. The fourth-order valence-corrected chi connectivity index (χ4v) is 2.41. The van der Waals surface area contributed by atoms with E-state index in [1.54, 1.807) is 36.4 Å². The van der Waals surface area contributed by atoms with Crippen molar-refractivity contribution >= 4 is 29.0 Å². The van der Waals surface area contributed by atoms with Gasteiger partial charge in [0.05, 0.1) is 5.02 Å². The Kier molecular flexibility index (Phi) is 4.86. The molecule has 25 heavy (non-hydrogen) atoms. The molecular formula is C19H16ClN3O2. The summed E-state index contributed by atoms with van der Waals surface area (Å²) in [5, 5.41) is 3.27. The molecule has 0 spiro atoms. The number of halogens is 1. The van der Waals surface area contributed by atoms with E-state index >= 15 is 0 Å². The van der Waals surface area contributed by atoms with Crippen molar-refractivity contribution in [2.24, 2.45) is 0 Å². The Labute approximate surface area is 150 Å². The van der Waals surface area contributed by atoms with Gasteiger partial charge < -0.3 is 15.8 Å². The Morgan fingerprint density at radius 2 is 1.96 bits per heavy atom. The molecule has 0 atom stereocenters. The summed E-state index contributed by atoms with van der Waals surface area (Å²) in [6.07, 6.45) is 1.45. The van der Waals surface area contributed by atoms with Gasteiger partial charge in [-0.1, -0.05) is 35.4 Å². The average molecular weight is 354 g/mol. The first-order valence-electron chi connectivity index (χ1n) is 7.58. The number of pyridine rings is 1. The lowest BCUT2D eigenvalue weighted by Crippen LogP contribution is -2.11. The molecule has 0 saturated carbocycles. The number of hydrogen-bond acceptors (Lipinski definition) is 4. The van der Waals surface area contributed by atoms with Crippen molar-refractivity contribution in [3.8, 4) is 11.5 Å². The van der Waals surface area contributed by atoms with Crippen molar-refractivity contribution in [2.45, 2.75) is 6.92 Å². The monoisotopic (exact) mass is 353 g/mol. The van der Waals surface area contributed by atoms with E-state index in [9.17, 15) is 4.79 Å². The first-order valence-corrected chi connectivity index (χ1v) is 7.96. The average Bonchev–Trinajstić information content (AvgIpc) is 2.58. The molecule has 1 amide bonds. The van der Waals surface area contributed by atoms with Crippen LogP contribution < -0.4 is 15.8 Å². The highest BCUT2D eigenvalue weighted by Gasteiger charge is 2.08. The van der Waals surface area contributed by atoms with Crippen LogP contribution in [0.25, 0.3) is 0 Å². The summed E-state index contributed by atoms with van der Waals surface area (Å²) >= 11 is 5.91. The lowest BCUT2D eigenvalue weighted by molar-refractivity contribution is 0.102. The number of ether oxygens (including phenoxy) is 1. The van der Waals surface area contributed by atoms with Crippen LogP contribution in [0.1, 0.15) is 15.9 Å². The molecule has 0 aliphatic heterocycles. The highest BCUT2D eigenvalue weighted by atomic mass is 35.5. The molecule has 0 unspecified atom stereocenters. The number of amides is 1. The normalized spacial score (nSPS) is 10.3. The second-order valence-electron chi connectivity index (χ2n) is 5.49. The molecular weight excluding hydrogens is 338 g/mol. The summed E-state index contributed by atoms with van der Waals surface area (Å²) in [6.45, 7) is 1.94. The number of carbonyl (C=O) groups is 1. The number of benzene rings is 2. The van der Waals surface area contributed by atoms with Crippen molar-refractivity contribution in [1.82, 2.24) is 4.98 Å². The lowest BCUT2D eigenvalue weighted by Gasteiger charge is -2.10. The number of aryl methyl sites for hydroxylation is 1. The molecule has 1 heterocycles. The Hall–Kier alpha value is -3.05. The Balaban J connectivity index is 1.77. The van der Waals surface area contributed by atoms with Gasteiger partial charge >= 0.3 is 0 Å². The smallest absolute Gasteiger partial charge is 0.255 e. The zero-order chi connectivity index (χ0) is 17.8. The van der Waals surface area contributed by atoms with Gasteiger partial charge in [0.25, 0.3) is 5.91 Å². The largest absolute Gasteiger partial charge is 0.453 e. The fraction of sp³-hybridized carbons (Fsp3) is 0.0526. The number of anilines is 2. The van der Waals surface area contributed by atoms with Gasteiger partial charge in [0.15, 0.2) is 11.6 Å². The molecule has 0 saturated heterocycles. The van der Waals surface area contributed by atoms with Crippen LogP contribution in [0, 0.1) is 6.92 Å². The molecule has 0 fully saturated rings. The first kappa shape index (κ1) is 16.8. The van der Waals surface area contributed by atoms with Gasteiger partial charge in [-0.2, -0.15) is 0 Å². The van der Waals surface area contributed by atoms with E-state index in [-0.39, 0.29) is 11.7 Å². The van der Waals surface area contributed by atoms with Gasteiger partial charge in [-0.25, -0.2) is 4.98 Å². The number of nitrogens with one attached hydrogen (secondary N) is 1. The van der Waals surface area contributed by atoms with Gasteiger partial charge in [-0.05, 0) is 31.2 Å². The third-order valence-corrected chi connectivity index (χ3v) is 3.66. The van der Waals surface area contributed by atoms with E-state index in [0.29, 0.717) is 27.8 Å². The number of nitrogens with two attached hydrogens (primary N) is 1. The molecule has 3 rings (SSSR count). The number of hydrogen-bond donors (Lipinski definition) is 2. The van der Waals surface area contributed by atoms with Crippen LogP contribution in [-0.4, -0.2) is 10.9 Å². The Morgan fingerprint density at radius 3 is 2.76 bits per heavy atom. The van der Waals surface area contributed by atoms with Crippen LogP contribution >= 0.6 is 11.6 Å². The van der Waals surface area contributed by atoms with Crippen LogP contribution in [0.2, 0.25) is 5.02 Å². The highest BCUT2D eigenvalue weighted by Crippen LogP contribution is 2.29. The molecule has 2 aromatic carbocycles. The van der Waals surface area contributed by atoms with Gasteiger partial charge in [-0.15, -0.1) is 0 Å². The van der Waals surface area contributed by atoms with Crippen LogP contribution in [0.4, 0.5) is 11.5 Å². The molecule has 1 aromatic heterocycles. The van der Waals surface area contributed by atoms with Crippen LogP contribution in [0.3, 0.4) is 0 Å². The number of nitrogens with zero attached hydrogens (tertiary/aromatic N) is 1. The van der Waals surface area contributed by atoms with Crippen molar-refractivity contribution < 1.29 is 9.53 Å². The van der Waals surface area contributed by atoms with Crippen LogP contribution in [0.5, 0.6) is 11.5 Å².